The summed E-state index contributed by atoms with van der Waals surface area (Å²) in [5.74, 6) is -0.327. The number of unbranched alkanes of at least 4 members (excludes halogenated alkanes) is 18. The zero-order valence-electron chi connectivity index (χ0n) is 35.7. The second kappa shape index (κ2) is 38.3. The van der Waals surface area contributed by atoms with Gasteiger partial charge >= 0.3 is 13.8 Å². The normalized spacial score (nSPS) is 14.3. The van der Waals surface area contributed by atoms with Crippen molar-refractivity contribution in [1.82, 2.24) is 0 Å². The van der Waals surface area contributed by atoms with Gasteiger partial charge in [-0.2, -0.15) is 0 Å². The van der Waals surface area contributed by atoms with Crippen LogP contribution in [0.3, 0.4) is 0 Å². The van der Waals surface area contributed by atoms with Crippen LogP contribution in [0.5, 0.6) is 0 Å². The minimum atomic E-state index is -4.28. The Bertz CT molecular complexity index is 1000. The lowest BCUT2D eigenvalue weighted by Gasteiger charge is -2.24. The van der Waals surface area contributed by atoms with Gasteiger partial charge in [-0.15, -0.1) is 0 Å². The minimum absolute atomic E-state index is 0.0841. The molecule has 0 aromatic carbocycles. The molecule has 8 nitrogen and oxygen atoms in total. The van der Waals surface area contributed by atoms with Gasteiger partial charge in [0, 0.05) is 13.0 Å². The Morgan fingerprint density at radius 3 is 1.63 bits per heavy atom. The van der Waals surface area contributed by atoms with Crippen molar-refractivity contribution in [2.75, 3.05) is 54.1 Å². The second-order valence-corrected chi connectivity index (χ2v) is 17.1. The first kappa shape index (κ1) is 52.5. The van der Waals surface area contributed by atoms with Crippen molar-refractivity contribution in [2.45, 2.75) is 180 Å². The molecule has 0 saturated carbocycles. The average molecular weight is 783 g/mol. The summed E-state index contributed by atoms with van der Waals surface area (Å²) in [7, 11) is 1.65. The number of allylic oxidation sites excluding steroid dienone is 8. The summed E-state index contributed by atoms with van der Waals surface area (Å²) in [4.78, 5) is 22.9. The van der Waals surface area contributed by atoms with Crippen LogP contribution in [0.4, 0.5) is 0 Å². The van der Waals surface area contributed by atoms with Gasteiger partial charge in [0.25, 0.3) is 0 Å². The molecule has 0 heterocycles. The van der Waals surface area contributed by atoms with E-state index in [2.05, 4.69) is 62.5 Å². The molecule has 0 radical (unpaired) electrons. The first-order valence-electron chi connectivity index (χ1n) is 21.9. The summed E-state index contributed by atoms with van der Waals surface area (Å²) < 4.78 is 35.0. The lowest BCUT2D eigenvalue weighted by atomic mass is 10.1. The van der Waals surface area contributed by atoms with E-state index in [1.165, 1.54) is 89.9 Å². The quantitative estimate of drug-likeness (QED) is 0.0218. The van der Waals surface area contributed by atoms with E-state index in [0.29, 0.717) is 24.1 Å². The Hall–Kier alpha value is -1.54. The van der Waals surface area contributed by atoms with Crippen molar-refractivity contribution in [3.63, 3.8) is 0 Å². The largest absolute Gasteiger partial charge is 0.472 e. The highest BCUT2D eigenvalue weighted by Gasteiger charge is 2.26. The van der Waals surface area contributed by atoms with Crippen molar-refractivity contribution in [2.24, 2.45) is 0 Å². The first-order valence-corrected chi connectivity index (χ1v) is 23.4. The smallest absolute Gasteiger partial charge is 0.457 e. The van der Waals surface area contributed by atoms with Crippen LogP contribution in [0.1, 0.15) is 174 Å². The molecule has 0 aliphatic rings. The van der Waals surface area contributed by atoms with E-state index in [9.17, 15) is 14.3 Å². The lowest BCUT2D eigenvalue weighted by molar-refractivity contribution is -0.870. The third-order valence-corrected chi connectivity index (χ3v) is 10.1. The van der Waals surface area contributed by atoms with E-state index in [-0.39, 0.29) is 25.8 Å². The number of nitrogens with zero attached hydrogens (tertiary/aromatic N) is 1. The van der Waals surface area contributed by atoms with Gasteiger partial charge in [-0.3, -0.25) is 13.8 Å². The van der Waals surface area contributed by atoms with Crippen LogP contribution < -0.4 is 0 Å². The third kappa shape index (κ3) is 41.6. The maximum absolute atomic E-state index is 12.7. The number of carbonyl (C=O) groups excluding carboxylic acids is 1. The molecule has 0 amide bonds. The number of phosphoric acid groups is 1. The maximum atomic E-state index is 12.7. The highest BCUT2D eigenvalue weighted by molar-refractivity contribution is 7.47. The summed E-state index contributed by atoms with van der Waals surface area (Å²) in [6, 6.07) is 0. The maximum Gasteiger partial charge on any atom is 0.472 e. The summed E-state index contributed by atoms with van der Waals surface area (Å²) in [5, 5.41) is 0. The van der Waals surface area contributed by atoms with Crippen LogP contribution in [-0.4, -0.2) is 75.6 Å². The third-order valence-electron chi connectivity index (χ3n) is 9.12. The molecule has 2 atom stereocenters. The van der Waals surface area contributed by atoms with Gasteiger partial charge in [-0.05, 0) is 70.6 Å². The Kier molecular flexibility index (Phi) is 37.2. The molecule has 9 heteroatoms. The molecule has 54 heavy (non-hydrogen) atoms. The molecule has 316 valence electrons. The Morgan fingerprint density at radius 2 is 1.07 bits per heavy atom. The number of likely N-dealkylation sites (N-methyl/N-ethyl adjacent to an activating group) is 1. The van der Waals surface area contributed by atoms with E-state index >= 15 is 0 Å². The molecule has 0 aliphatic carbocycles. The van der Waals surface area contributed by atoms with Gasteiger partial charge in [0.15, 0.2) is 0 Å². The fourth-order valence-electron chi connectivity index (χ4n) is 5.74. The van der Waals surface area contributed by atoms with Gasteiger partial charge < -0.3 is 18.9 Å². The summed E-state index contributed by atoms with van der Waals surface area (Å²) >= 11 is 0. The molecule has 0 aromatic heterocycles. The van der Waals surface area contributed by atoms with E-state index in [1.54, 1.807) is 0 Å². The predicted octanol–water partition coefficient (Wildman–Crippen LogP) is 12.8. The molecule has 0 saturated heterocycles. The topological polar surface area (TPSA) is 91.3 Å². The zero-order chi connectivity index (χ0) is 39.9. The molecule has 2 unspecified atom stereocenters. The molecule has 1 N–H and O–H groups in total. The Morgan fingerprint density at radius 1 is 0.593 bits per heavy atom. The number of rotatable bonds is 40. The molecule has 0 aliphatic heterocycles. The van der Waals surface area contributed by atoms with Crippen molar-refractivity contribution in [3.05, 3.63) is 48.6 Å². The van der Waals surface area contributed by atoms with E-state index in [1.807, 2.05) is 21.1 Å². The standard InChI is InChI=1S/C45H84NO7P/c1-6-8-10-12-14-16-18-20-22-23-24-25-27-29-31-33-35-37-40-50-42-44(43-52-54(48,49)51-41-39-46(3,4)5)53-45(47)38-36-34-32-30-28-26-21-19-17-15-13-11-9-7-2/h8,10,14,16,19-22,44H,6-7,9,11-13,15,17-18,23-43H2,1-5H3/p+1/b10-8-,16-14-,21-19-,22-20-. The highest BCUT2D eigenvalue weighted by Crippen LogP contribution is 2.43. The molecule has 0 fully saturated rings. The molecular weight excluding hydrogens is 697 g/mol. The average Bonchev–Trinajstić information content (AvgIpc) is 3.12. The van der Waals surface area contributed by atoms with Crippen LogP contribution in [0.2, 0.25) is 0 Å². The summed E-state index contributed by atoms with van der Waals surface area (Å²) in [5.41, 5.74) is 0. The van der Waals surface area contributed by atoms with Crippen molar-refractivity contribution in [1.29, 1.82) is 0 Å². The predicted molar refractivity (Wildman–Crippen MR) is 229 cm³/mol. The second-order valence-electron chi connectivity index (χ2n) is 15.7. The number of carbonyl (C=O) groups is 1. The summed E-state index contributed by atoms with van der Waals surface area (Å²) in [6.07, 6.45) is 45.7. The summed E-state index contributed by atoms with van der Waals surface area (Å²) in [6.45, 7) is 5.47. The first-order chi connectivity index (χ1) is 26.1. The number of phosphoric ester groups is 1. The number of ether oxygens (including phenoxy) is 2. The number of hydrogen-bond acceptors (Lipinski definition) is 6. The number of quaternary nitrogens is 1. The van der Waals surface area contributed by atoms with Gasteiger partial charge in [-0.25, -0.2) is 4.57 Å². The van der Waals surface area contributed by atoms with Crippen molar-refractivity contribution >= 4 is 13.8 Å². The van der Waals surface area contributed by atoms with Gasteiger partial charge in [0.2, 0.25) is 0 Å². The zero-order valence-corrected chi connectivity index (χ0v) is 36.6. The van der Waals surface area contributed by atoms with Crippen molar-refractivity contribution in [3.8, 4) is 0 Å². The minimum Gasteiger partial charge on any atom is -0.457 e. The van der Waals surface area contributed by atoms with Crippen LogP contribution in [0.15, 0.2) is 48.6 Å². The van der Waals surface area contributed by atoms with Crippen LogP contribution >= 0.6 is 7.82 Å². The van der Waals surface area contributed by atoms with E-state index < -0.39 is 13.9 Å². The van der Waals surface area contributed by atoms with Crippen LogP contribution in [0.25, 0.3) is 0 Å². The Balaban J connectivity index is 4.25. The SMILES string of the molecule is CC/C=C\C/C=C\C/C=C\CCCCCCCCCCOCC(COP(=O)(O)OCC[N+](C)(C)C)OC(=O)CCCCCCC/C=C\CCCCCCC. The number of esters is 1. The molecule has 0 aromatic rings. The van der Waals surface area contributed by atoms with Crippen LogP contribution in [0, 0.1) is 0 Å². The fourth-order valence-corrected chi connectivity index (χ4v) is 6.48. The fraction of sp³-hybridized carbons (Fsp3) is 0.800. The lowest BCUT2D eigenvalue weighted by Crippen LogP contribution is -2.37. The van der Waals surface area contributed by atoms with Gasteiger partial charge in [0.1, 0.15) is 19.3 Å². The van der Waals surface area contributed by atoms with E-state index in [0.717, 1.165) is 64.2 Å². The number of hydrogen-bond donors (Lipinski definition) is 1. The molecule has 0 bridgehead atoms. The van der Waals surface area contributed by atoms with Gasteiger partial charge in [-0.1, -0.05) is 146 Å². The molecule has 0 spiro atoms. The molecular formula is C45H85NO7P+. The van der Waals surface area contributed by atoms with Crippen LogP contribution in [-0.2, 0) is 27.9 Å². The Labute approximate surface area is 333 Å². The van der Waals surface area contributed by atoms with Crippen molar-refractivity contribution < 1.29 is 37.3 Å². The highest BCUT2D eigenvalue weighted by atomic mass is 31.2. The monoisotopic (exact) mass is 783 g/mol. The van der Waals surface area contributed by atoms with Gasteiger partial charge in [0.05, 0.1) is 34.4 Å². The van der Waals surface area contributed by atoms with E-state index in [4.69, 9.17) is 18.5 Å². The molecule has 0 rings (SSSR count).